The van der Waals surface area contributed by atoms with Crippen LogP contribution in [0.1, 0.15) is 32.6 Å². The molecule has 3 rings (SSSR count). The van der Waals surface area contributed by atoms with E-state index in [1.165, 1.54) is 4.90 Å². The molecule has 0 unspecified atom stereocenters. The van der Waals surface area contributed by atoms with Crippen LogP contribution in [0.15, 0.2) is 29.3 Å². The Labute approximate surface area is 166 Å². The lowest BCUT2D eigenvalue weighted by Crippen LogP contribution is -2.46. The number of para-hydroxylation sites is 1. The number of nitrogens with zero attached hydrogens (tertiary/aromatic N) is 2. The number of nitrogens with one attached hydrogen (secondary N) is 2. The van der Waals surface area contributed by atoms with Gasteiger partial charge in [0.1, 0.15) is 6.54 Å². The summed E-state index contributed by atoms with van der Waals surface area (Å²) in [6.45, 7) is 1.67. The maximum Gasteiger partial charge on any atom is 0.321 e. The molecule has 27 heavy (non-hydrogen) atoms. The van der Waals surface area contributed by atoms with Crippen molar-refractivity contribution in [1.82, 2.24) is 10.6 Å². The fourth-order valence-electron chi connectivity index (χ4n) is 3.06. The molecule has 0 bridgehead atoms. The van der Waals surface area contributed by atoms with E-state index in [0.29, 0.717) is 15.9 Å². The maximum absolute atomic E-state index is 12.3. The lowest BCUT2D eigenvalue weighted by atomic mass is 10.2. The standard InChI is InChI=1S/C18H21ClN4O3S/c1-11(16(25)22-17(26)21-12-6-2-3-7-12)27-18-20-10-15(24)23(18)14-9-5-4-8-13(14)19/h4-5,8-9,11-12H,2-3,6-7,10H2,1H3,(H2,21,22,25,26)/t11-/m1/s1. The van der Waals surface area contributed by atoms with Gasteiger partial charge in [-0.05, 0) is 31.9 Å². The molecular formula is C18H21ClN4O3S. The van der Waals surface area contributed by atoms with Gasteiger partial charge in [0.25, 0.3) is 5.91 Å². The Morgan fingerprint density at radius 3 is 2.70 bits per heavy atom. The third-order valence-electron chi connectivity index (χ3n) is 4.46. The SMILES string of the molecule is C[C@@H](SC1=NCC(=O)N1c1ccccc1Cl)C(=O)NC(=O)NC1CCCC1. The summed E-state index contributed by atoms with van der Waals surface area (Å²) in [5, 5.41) is 5.40. The van der Waals surface area contributed by atoms with Gasteiger partial charge in [-0.15, -0.1) is 0 Å². The van der Waals surface area contributed by atoms with Gasteiger partial charge in [0.15, 0.2) is 5.17 Å². The molecule has 0 saturated heterocycles. The quantitative estimate of drug-likeness (QED) is 0.801. The van der Waals surface area contributed by atoms with Gasteiger partial charge >= 0.3 is 6.03 Å². The first-order valence-electron chi connectivity index (χ1n) is 8.85. The van der Waals surface area contributed by atoms with Crippen LogP contribution < -0.4 is 15.5 Å². The van der Waals surface area contributed by atoms with Crippen LogP contribution in [0.3, 0.4) is 0 Å². The summed E-state index contributed by atoms with van der Waals surface area (Å²) < 4.78 is 0. The van der Waals surface area contributed by atoms with Crippen molar-refractivity contribution in [3.63, 3.8) is 0 Å². The van der Waals surface area contributed by atoms with Crippen LogP contribution in [0.25, 0.3) is 0 Å². The van der Waals surface area contributed by atoms with E-state index in [4.69, 9.17) is 11.6 Å². The van der Waals surface area contributed by atoms with Crippen LogP contribution in [0.4, 0.5) is 10.5 Å². The topological polar surface area (TPSA) is 90.9 Å². The summed E-state index contributed by atoms with van der Waals surface area (Å²) >= 11 is 7.31. The molecule has 2 N–H and O–H groups in total. The van der Waals surface area contributed by atoms with Crippen molar-refractivity contribution < 1.29 is 14.4 Å². The van der Waals surface area contributed by atoms with Gasteiger partial charge in [-0.25, -0.2) is 4.79 Å². The summed E-state index contributed by atoms with van der Waals surface area (Å²) in [7, 11) is 0. The number of rotatable bonds is 4. The zero-order valence-electron chi connectivity index (χ0n) is 14.9. The number of thioether (sulfide) groups is 1. The molecule has 9 heteroatoms. The maximum atomic E-state index is 12.3. The molecule has 7 nitrogen and oxygen atoms in total. The Morgan fingerprint density at radius 1 is 1.30 bits per heavy atom. The molecule has 1 aromatic rings. The van der Waals surface area contributed by atoms with Gasteiger partial charge in [-0.3, -0.25) is 24.8 Å². The van der Waals surface area contributed by atoms with E-state index in [9.17, 15) is 14.4 Å². The number of anilines is 1. The first-order valence-corrected chi connectivity index (χ1v) is 10.1. The third-order valence-corrected chi connectivity index (χ3v) is 5.87. The van der Waals surface area contributed by atoms with Gasteiger partial charge in [0.2, 0.25) is 5.91 Å². The van der Waals surface area contributed by atoms with Gasteiger partial charge in [0.05, 0.1) is 16.0 Å². The highest BCUT2D eigenvalue weighted by molar-refractivity contribution is 8.15. The lowest BCUT2D eigenvalue weighted by Gasteiger charge is -2.21. The van der Waals surface area contributed by atoms with Gasteiger partial charge < -0.3 is 5.32 Å². The number of imide groups is 1. The molecule has 0 radical (unpaired) electrons. The Morgan fingerprint density at radius 2 is 2.00 bits per heavy atom. The third kappa shape index (κ3) is 4.81. The van der Waals surface area contributed by atoms with Crippen LogP contribution in [0.2, 0.25) is 5.02 Å². The molecule has 1 aliphatic heterocycles. The van der Waals surface area contributed by atoms with E-state index < -0.39 is 17.2 Å². The second kappa shape index (κ2) is 8.75. The second-order valence-corrected chi connectivity index (χ2v) is 8.20. The van der Waals surface area contributed by atoms with Crippen molar-refractivity contribution in [2.75, 3.05) is 11.4 Å². The second-order valence-electron chi connectivity index (χ2n) is 6.48. The summed E-state index contributed by atoms with van der Waals surface area (Å²) in [4.78, 5) is 42.2. The lowest BCUT2D eigenvalue weighted by molar-refractivity contribution is -0.119. The number of carbonyl (C=O) groups is 3. The molecule has 0 spiro atoms. The van der Waals surface area contributed by atoms with Gasteiger partial charge in [-0.2, -0.15) is 0 Å². The Hall–Kier alpha value is -2.06. The van der Waals surface area contributed by atoms with E-state index in [-0.39, 0.29) is 18.5 Å². The predicted octanol–water partition coefficient (Wildman–Crippen LogP) is 2.93. The number of carbonyl (C=O) groups excluding carboxylic acids is 3. The molecule has 4 amide bonds. The molecule has 1 aromatic carbocycles. The highest BCUT2D eigenvalue weighted by Crippen LogP contribution is 2.31. The van der Waals surface area contributed by atoms with E-state index in [1.807, 2.05) is 0 Å². The molecule has 144 valence electrons. The Balaban J connectivity index is 1.59. The average molecular weight is 409 g/mol. The van der Waals surface area contributed by atoms with Crippen molar-refractivity contribution in [3.8, 4) is 0 Å². The van der Waals surface area contributed by atoms with Gasteiger partial charge in [-0.1, -0.05) is 48.3 Å². The molecule has 1 heterocycles. The summed E-state index contributed by atoms with van der Waals surface area (Å²) in [6.07, 6.45) is 4.07. The highest BCUT2D eigenvalue weighted by Gasteiger charge is 2.32. The number of halogens is 1. The number of hydrogen-bond acceptors (Lipinski definition) is 5. The van der Waals surface area contributed by atoms with Crippen LogP contribution in [0, 0.1) is 0 Å². The van der Waals surface area contributed by atoms with Crippen LogP contribution in [-0.2, 0) is 9.59 Å². The molecule has 1 atom stereocenters. The monoisotopic (exact) mass is 408 g/mol. The fourth-order valence-corrected chi connectivity index (χ4v) is 4.21. The molecule has 2 aliphatic rings. The van der Waals surface area contributed by atoms with E-state index in [0.717, 1.165) is 37.4 Å². The Kier molecular flexibility index (Phi) is 6.38. The smallest absolute Gasteiger partial charge is 0.321 e. The van der Waals surface area contributed by atoms with E-state index in [1.54, 1.807) is 31.2 Å². The first kappa shape index (κ1) is 19.7. The zero-order valence-corrected chi connectivity index (χ0v) is 16.5. The number of urea groups is 1. The molecule has 1 fully saturated rings. The largest absolute Gasteiger partial charge is 0.335 e. The molecular weight excluding hydrogens is 388 g/mol. The van der Waals surface area contributed by atoms with Crippen molar-refractivity contribution in [2.45, 2.75) is 43.9 Å². The van der Waals surface area contributed by atoms with E-state index in [2.05, 4.69) is 15.6 Å². The van der Waals surface area contributed by atoms with Crippen LogP contribution in [-0.4, -0.2) is 40.8 Å². The fraction of sp³-hybridized carbons (Fsp3) is 0.444. The summed E-state index contributed by atoms with van der Waals surface area (Å²) in [6, 6.07) is 6.61. The first-order chi connectivity index (χ1) is 13.0. The van der Waals surface area contributed by atoms with Crippen molar-refractivity contribution in [2.24, 2.45) is 4.99 Å². The molecule has 1 aliphatic carbocycles. The number of benzene rings is 1. The van der Waals surface area contributed by atoms with Crippen LogP contribution >= 0.6 is 23.4 Å². The van der Waals surface area contributed by atoms with Crippen molar-refractivity contribution in [1.29, 1.82) is 0 Å². The average Bonchev–Trinajstić information content (AvgIpc) is 3.25. The molecule has 0 aromatic heterocycles. The molecule has 1 saturated carbocycles. The minimum atomic E-state index is -0.603. The minimum absolute atomic E-state index is 0.00403. The van der Waals surface area contributed by atoms with Crippen LogP contribution in [0.5, 0.6) is 0 Å². The number of hydrogen-bond donors (Lipinski definition) is 2. The zero-order chi connectivity index (χ0) is 19.4. The van der Waals surface area contributed by atoms with Crippen molar-refractivity contribution in [3.05, 3.63) is 29.3 Å². The predicted molar refractivity (Wildman–Crippen MR) is 107 cm³/mol. The minimum Gasteiger partial charge on any atom is -0.335 e. The number of amides is 4. The number of aliphatic imine (C=N–C) groups is 1. The summed E-state index contributed by atoms with van der Waals surface area (Å²) in [5.41, 5.74) is 0.527. The highest BCUT2D eigenvalue weighted by atomic mass is 35.5. The summed E-state index contributed by atoms with van der Waals surface area (Å²) in [5.74, 6) is -0.645. The normalized spacial score (nSPS) is 18.4. The van der Waals surface area contributed by atoms with Gasteiger partial charge in [0, 0.05) is 6.04 Å². The number of amidine groups is 1. The Bertz CT molecular complexity index is 780. The van der Waals surface area contributed by atoms with Crippen molar-refractivity contribution >= 4 is 52.1 Å². The van der Waals surface area contributed by atoms with E-state index >= 15 is 0 Å².